The van der Waals surface area contributed by atoms with Crippen LogP contribution in [-0.2, 0) is 14.3 Å². The molecule has 2 unspecified atom stereocenters. The van der Waals surface area contributed by atoms with Gasteiger partial charge in [0.25, 0.3) is 0 Å². The number of hydrogen-bond donors (Lipinski definition) is 2. The van der Waals surface area contributed by atoms with Crippen LogP contribution in [0, 0.1) is 17.8 Å². The summed E-state index contributed by atoms with van der Waals surface area (Å²) in [5.41, 5.74) is 4.59. The highest BCUT2D eigenvalue weighted by Crippen LogP contribution is 2.51. The Morgan fingerprint density at radius 3 is 2.30 bits per heavy atom. The van der Waals surface area contributed by atoms with Crippen molar-refractivity contribution in [2.75, 3.05) is 19.7 Å². The highest BCUT2D eigenvalue weighted by atomic mass is 16.5. The van der Waals surface area contributed by atoms with E-state index in [1.54, 1.807) is 4.90 Å². The lowest BCUT2D eigenvalue weighted by Gasteiger charge is -2.30. The van der Waals surface area contributed by atoms with Crippen LogP contribution in [0.3, 0.4) is 0 Å². The first-order valence-corrected chi connectivity index (χ1v) is 11.6. The number of hydrogen-bond acceptors (Lipinski definition) is 4. The predicted molar refractivity (Wildman–Crippen MR) is 122 cm³/mol. The van der Waals surface area contributed by atoms with Gasteiger partial charge in [0, 0.05) is 19.0 Å². The number of alkyl carbamates (subject to hydrolysis) is 1. The molecule has 1 saturated carbocycles. The molecule has 2 aromatic rings. The van der Waals surface area contributed by atoms with Crippen LogP contribution in [0.2, 0.25) is 0 Å². The zero-order valence-corrected chi connectivity index (χ0v) is 18.6. The average Bonchev–Trinajstić information content (AvgIpc) is 3.48. The summed E-state index contributed by atoms with van der Waals surface area (Å²) >= 11 is 0. The summed E-state index contributed by atoms with van der Waals surface area (Å²) in [6, 6.07) is 15.6. The van der Waals surface area contributed by atoms with Crippen LogP contribution in [0.15, 0.2) is 48.5 Å². The van der Waals surface area contributed by atoms with E-state index in [4.69, 9.17) is 4.74 Å². The van der Waals surface area contributed by atoms with E-state index in [0.717, 1.165) is 22.3 Å². The first-order valence-electron chi connectivity index (χ1n) is 11.6. The summed E-state index contributed by atoms with van der Waals surface area (Å²) in [7, 11) is 0. The van der Waals surface area contributed by atoms with Gasteiger partial charge in [-0.15, -0.1) is 0 Å². The number of carbonyl (C=O) groups is 3. The molecule has 7 heteroatoms. The maximum absolute atomic E-state index is 13.0. The van der Waals surface area contributed by atoms with Crippen molar-refractivity contribution < 1.29 is 24.2 Å². The number of rotatable bonds is 6. The largest absolute Gasteiger partial charge is 0.481 e. The molecule has 1 aliphatic heterocycles. The molecule has 0 spiro atoms. The van der Waals surface area contributed by atoms with Crippen LogP contribution >= 0.6 is 0 Å². The maximum Gasteiger partial charge on any atom is 0.407 e. The van der Waals surface area contributed by atoms with Crippen molar-refractivity contribution >= 4 is 18.0 Å². The average molecular weight is 449 g/mol. The van der Waals surface area contributed by atoms with Crippen LogP contribution < -0.4 is 5.32 Å². The molecular formula is C26H28N2O5. The molecule has 0 aromatic heterocycles. The fourth-order valence-electron chi connectivity index (χ4n) is 5.65. The lowest BCUT2D eigenvalue weighted by Crippen LogP contribution is -2.50. The Morgan fingerprint density at radius 2 is 1.70 bits per heavy atom. The maximum atomic E-state index is 13.0. The predicted octanol–water partition coefficient (Wildman–Crippen LogP) is 3.48. The van der Waals surface area contributed by atoms with Crippen LogP contribution in [-0.4, -0.2) is 53.7 Å². The van der Waals surface area contributed by atoms with Gasteiger partial charge in [0.1, 0.15) is 12.6 Å². The summed E-state index contributed by atoms with van der Waals surface area (Å²) < 4.78 is 5.59. The third-order valence-corrected chi connectivity index (χ3v) is 7.43. The molecule has 1 saturated heterocycles. The van der Waals surface area contributed by atoms with Crippen molar-refractivity contribution in [3.05, 3.63) is 59.7 Å². The van der Waals surface area contributed by atoms with E-state index in [1.807, 2.05) is 31.2 Å². The molecule has 5 rings (SSSR count). The van der Waals surface area contributed by atoms with Crippen molar-refractivity contribution in [3.63, 3.8) is 0 Å². The van der Waals surface area contributed by atoms with E-state index in [1.165, 1.54) is 0 Å². The van der Waals surface area contributed by atoms with Crippen LogP contribution in [0.5, 0.6) is 0 Å². The second-order valence-corrected chi connectivity index (χ2v) is 9.20. The Kier molecular flexibility index (Phi) is 5.56. The number of fused-ring (bicyclic) bond motifs is 4. The molecular weight excluding hydrogens is 420 g/mol. The summed E-state index contributed by atoms with van der Waals surface area (Å²) in [6.07, 6.45) is 0.534. The number of aliphatic carboxylic acids is 1. The van der Waals surface area contributed by atoms with Gasteiger partial charge < -0.3 is 20.1 Å². The third-order valence-electron chi connectivity index (χ3n) is 7.43. The smallest absolute Gasteiger partial charge is 0.407 e. The number of likely N-dealkylation sites (tertiary alicyclic amines) is 1. The van der Waals surface area contributed by atoms with Crippen molar-refractivity contribution in [1.82, 2.24) is 10.2 Å². The van der Waals surface area contributed by atoms with Gasteiger partial charge in [0.15, 0.2) is 0 Å². The molecule has 3 aliphatic rings. The molecule has 1 heterocycles. The second kappa shape index (κ2) is 8.54. The molecule has 2 aromatic carbocycles. The van der Waals surface area contributed by atoms with Gasteiger partial charge >= 0.3 is 12.1 Å². The van der Waals surface area contributed by atoms with Gasteiger partial charge in [-0.05, 0) is 46.9 Å². The van der Waals surface area contributed by atoms with Gasteiger partial charge in [-0.1, -0.05) is 55.5 Å². The quantitative estimate of drug-likeness (QED) is 0.705. The lowest BCUT2D eigenvalue weighted by atomic mass is 9.98. The second-order valence-electron chi connectivity index (χ2n) is 9.20. The number of carbonyl (C=O) groups excluding carboxylic acids is 2. The van der Waals surface area contributed by atoms with Crippen molar-refractivity contribution in [3.8, 4) is 11.1 Å². The normalized spacial score (nSPS) is 23.7. The molecule has 0 radical (unpaired) electrons. The molecule has 2 aliphatic carbocycles. The third kappa shape index (κ3) is 3.86. The van der Waals surface area contributed by atoms with Crippen LogP contribution in [0.1, 0.15) is 36.8 Å². The number of ether oxygens (including phenoxy) is 1. The minimum atomic E-state index is -0.775. The number of amides is 2. The topological polar surface area (TPSA) is 95.9 Å². The highest BCUT2D eigenvalue weighted by Gasteiger charge is 2.57. The number of nitrogens with one attached hydrogen (secondary N) is 1. The Bertz CT molecular complexity index is 1050. The summed E-state index contributed by atoms with van der Waals surface area (Å²) in [4.78, 5) is 38.6. The molecule has 4 atom stereocenters. The lowest BCUT2D eigenvalue weighted by molar-refractivity contribution is -0.139. The molecule has 2 fully saturated rings. The monoisotopic (exact) mass is 448 g/mol. The van der Waals surface area contributed by atoms with Crippen molar-refractivity contribution in [2.24, 2.45) is 17.8 Å². The van der Waals surface area contributed by atoms with Crippen LogP contribution in [0.25, 0.3) is 11.1 Å². The molecule has 2 amide bonds. The Hall–Kier alpha value is -3.35. The van der Waals surface area contributed by atoms with Gasteiger partial charge in [-0.25, -0.2) is 4.79 Å². The molecule has 2 N–H and O–H groups in total. The minimum absolute atomic E-state index is 0.0344. The molecule has 0 bridgehead atoms. The number of nitrogens with zero attached hydrogens (tertiary/aromatic N) is 1. The van der Waals surface area contributed by atoms with E-state index in [0.29, 0.717) is 25.9 Å². The first kappa shape index (κ1) is 21.5. The number of benzene rings is 2. The van der Waals surface area contributed by atoms with Crippen molar-refractivity contribution in [2.45, 2.75) is 31.7 Å². The number of piperidine rings is 1. The van der Waals surface area contributed by atoms with E-state index in [9.17, 15) is 19.5 Å². The van der Waals surface area contributed by atoms with E-state index in [-0.39, 0.29) is 36.2 Å². The summed E-state index contributed by atoms with van der Waals surface area (Å²) in [5.74, 6) is -1.10. The van der Waals surface area contributed by atoms with Gasteiger partial charge in [0.05, 0.1) is 5.92 Å². The van der Waals surface area contributed by atoms with Crippen molar-refractivity contribution in [1.29, 1.82) is 0 Å². The standard InChI is InChI=1S/C26H28N2O5/c1-2-22(24(29)28-12-11-19-20(13-28)23(19)25(30)31)27-26(32)33-14-21-17-9-5-3-7-15(17)16-8-4-6-10-18(16)21/h3-10,19-23H,2,11-14H2,1H3,(H,27,32)(H,30,31)/t19-,20+,22?,23?/m1/s1. The molecule has 33 heavy (non-hydrogen) atoms. The van der Waals surface area contributed by atoms with E-state index in [2.05, 4.69) is 29.6 Å². The zero-order valence-electron chi connectivity index (χ0n) is 18.6. The fraction of sp³-hybridized carbons (Fsp3) is 0.423. The fourth-order valence-corrected chi connectivity index (χ4v) is 5.65. The van der Waals surface area contributed by atoms with E-state index >= 15 is 0 Å². The van der Waals surface area contributed by atoms with Gasteiger partial charge in [0.2, 0.25) is 5.91 Å². The highest BCUT2D eigenvalue weighted by molar-refractivity contribution is 5.86. The molecule has 172 valence electrons. The first-order chi connectivity index (χ1) is 16.0. The summed E-state index contributed by atoms with van der Waals surface area (Å²) in [5, 5.41) is 12.0. The van der Waals surface area contributed by atoms with E-state index < -0.39 is 18.1 Å². The molecule has 7 nitrogen and oxygen atoms in total. The van der Waals surface area contributed by atoms with Gasteiger partial charge in [-0.2, -0.15) is 0 Å². The van der Waals surface area contributed by atoms with Crippen LogP contribution in [0.4, 0.5) is 4.79 Å². The zero-order chi connectivity index (χ0) is 23.1. The van der Waals surface area contributed by atoms with Gasteiger partial charge in [-0.3, -0.25) is 9.59 Å². The SMILES string of the molecule is CCC(NC(=O)OCC1c2ccccc2-c2ccccc21)C(=O)N1CC[C@H]2C(C(=O)O)[C@H]2C1. The number of carboxylic acids is 1. The Morgan fingerprint density at radius 1 is 1.06 bits per heavy atom. The Labute approximate surface area is 192 Å². The number of carboxylic acid groups (broad SMARTS) is 1. The minimum Gasteiger partial charge on any atom is -0.481 e. The summed E-state index contributed by atoms with van der Waals surface area (Å²) in [6.45, 7) is 3.02. The Balaban J connectivity index is 1.19.